The molecule has 1 aliphatic heterocycles. The van der Waals surface area contributed by atoms with Crippen molar-refractivity contribution in [3.05, 3.63) is 35.4 Å². The van der Waals surface area contributed by atoms with Crippen molar-refractivity contribution in [2.45, 2.75) is 19.3 Å². The average molecular weight is 203 g/mol. The highest BCUT2D eigenvalue weighted by atomic mass is 16.2. The van der Waals surface area contributed by atoms with Gasteiger partial charge in [0, 0.05) is 6.54 Å². The van der Waals surface area contributed by atoms with Crippen LogP contribution in [0.3, 0.4) is 0 Å². The van der Waals surface area contributed by atoms with E-state index in [2.05, 4.69) is 5.32 Å². The highest BCUT2D eigenvalue weighted by Crippen LogP contribution is 2.23. The summed E-state index contributed by atoms with van der Waals surface area (Å²) in [4.78, 5) is 22.8. The standard InChI is InChI=1S/C12H13NO2/c1-8-2-4-9(5-3-8)10-6-7-13-12(15)11(10)14/h2-5,10H,6-7H2,1H3,(H,13,15). The van der Waals surface area contributed by atoms with Crippen molar-refractivity contribution in [3.63, 3.8) is 0 Å². The van der Waals surface area contributed by atoms with Crippen molar-refractivity contribution in [1.82, 2.24) is 5.32 Å². The lowest BCUT2D eigenvalue weighted by molar-refractivity contribution is -0.140. The largest absolute Gasteiger partial charge is 0.349 e. The van der Waals surface area contributed by atoms with Crippen LogP contribution in [0.15, 0.2) is 24.3 Å². The number of carbonyl (C=O) groups is 2. The number of benzene rings is 1. The van der Waals surface area contributed by atoms with E-state index in [1.165, 1.54) is 0 Å². The lowest BCUT2D eigenvalue weighted by atomic mass is 9.88. The minimum atomic E-state index is -0.452. The zero-order valence-corrected chi connectivity index (χ0v) is 8.62. The van der Waals surface area contributed by atoms with Crippen molar-refractivity contribution in [2.75, 3.05) is 6.54 Å². The normalized spacial score (nSPS) is 21.3. The Balaban J connectivity index is 2.26. The van der Waals surface area contributed by atoms with Gasteiger partial charge in [-0.25, -0.2) is 0 Å². The molecule has 1 saturated heterocycles. The second kappa shape index (κ2) is 3.85. The minimum Gasteiger partial charge on any atom is -0.349 e. The van der Waals surface area contributed by atoms with Crippen molar-refractivity contribution in [3.8, 4) is 0 Å². The van der Waals surface area contributed by atoms with Gasteiger partial charge in [-0.3, -0.25) is 9.59 Å². The average Bonchev–Trinajstić information content (AvgIpc) is 2.24. The zero-order valence-electron chi connectivity index (χ0n) is 8.62. The van der Waals surface area contributed by atoms with Gasteiger partial charge in [-0.1, -0.05) is 29.8 Å². The van der Waals surface area contributed by atoms with Gasteiger partial charge in [0.05, 0.1) is 5.92 Å². The molecule has 0 aliphatic carbocycles. The molecular weight excluding hydrogens is 190 g/mol. The molecule has 1 aromatic carbocycles. The van der Waals surface area contributed by atoms with E-state index in [-0.39, 0.29) is 11.7 Å². The van der Waals surface area contributed by atoms with Crippen molar-refractivity contribution < 1.29 is 9.59 Å². The Kier molecular flexibility index (Phi) is 2.54. The van der Waals surface area contributed by atoms with Crippen LogP contribution in [0.25, 0.3) is 0 Å². The van der Waals surface area contributed by atoms with E-state index in [1.54, 1.807) is 0 Å². The van der Waals surface area contributed by atoms with Gasteiger partial charge in [0.1, 0.15) is 0 Å². The maximum atomic E-state index is 11.6. The predicted molar refractivity (Wildman–Crippen MR) is 56.6 cm³/mol. The van der Waals surface area contributed by atoms with Crippen LogP contribution in [0, 0.1) is 6.92 Å². The van der Waals surface area contributed by atoms with E-state index >= 15 is 0 Å². The first-order valence-electron chi connectivity index (χ1n) is 5.07. The number of rotatable bonds is 1. The molecule has 3 nitrogen and oxygen atoms in total. The van der Waals surface area contributed by atoms with Gasteiger partial charge in [-0.15, -0.1) is 0 Å². The molecule has 1 fully saturated rings. The number of carbonyl (C=O) groups excluding carboxylic acids is 2. The van der Waals surface area contributed by atoms with Gasteiger partial charge in [0.25, 0.3) is 5.91 Å². The Morgan fingerprint density at radius 3 is 2.53 bits per heavy atom. The smallest absolute Gasteiger partial charge is 0.288 e. The lowest BCUT2D eigenvalue weighted by Crippen LogP contribution is -2.41. The highest BCUT2D eigenvalue weighted by molar-refractivity contribution is 6.38. The number of ketones is 1. The molecule has 0 spiro atoms. The molecule has 15 heavy (non-hydrogen) atoms. The number of hydrogen-bond acceptors (Lipinski definition) is 2. The lowest BCUT2D eigenvalue weighted by Gasteiger charge is -2.20. The third kappa shape index (κ3) is 1.91. The predicted octanol–water partition coefficient (Wildman–Crippen LogP) is 1.17. The van der Waals surface area contributed by atoms with E-state index < -0.39 is 5.91 Å². The molecule has 1 unspecified atom stereocenters. The second-order valence-corrected chi connectivity index (χ2v) is 3.87. The zero-order chi connectivity index (χ0) is 10.8. The molecule has 1 N–H and O–H groups in total. The number of aryl methyl sites for hydroxylation is 1. The van der Waals surface area contributed by atoms with Crippen molar-refractivity contribution >= 4 is 11.7 Å². The Morgan fingerprint density at radius 1 is 1.20 bits per heavy atom. The Bertz CT molecular complexity index is 395. The number of piperidine rings is 1. The highest BCUT2D eigenvalue weighted by Gasteiger charge is 2.30. The fraction of sp³-hybridized carbons (Fsp3) is 0.333. The maximum absolute atomic E-state index is 11.6. The maximum Gasteiger partial charge on any atom is 0.288 e. The van der Waals surface area contributed by atoms with Crippen LogP contribution < -0.4 is 5.32 Å². The van der Waals surface area contributed by atoms with Gasteiger partial charge in [-0.2, -0.15) is 0 Å². The molecule has 0 bridgehead atoms. The van der Waals surface area contributed by atoms with Crippen LogP contribution in [-0.4, -0.2) is 18.2 Å². The van der Waals surface area contributed by atoms with Gasteiger partial charge in [0.15, 0.2) is 0 Å². The van der Waals surface area contributed by atoms with Crippen molar-refractivity contribution in [2.24, 2.45) is 0 Å². The molecule has 78 valence electrons. The molecule has 1 amide bonds. The molecular formula is C12H13NO2. The first-order valence-corrected chi connectivity index (χ1v) is 5.07. The summed E-state index contributed by atoms with van der Waals surface area (Å²) >= 11 is 0. The number of hydrogen-bond donors (Lipinski definition) is 1. The molecule has 2 rings (SSSR count). The van der Waals surface area contributed by atoms with Gasteiger partial charge >= 0.3 is 0 Å². The Labute approximate surface area is 88.5 Å². The summed E-state index contributed by atoms with van der Waals surface area (Å²) in [6, 6.07) is 7.79. The fourth-order valence-electron chi connectivity index (χ4n) is 1.82. The molecule has 3 heteroatoms. The summed E-state index contributed by atoms with van der Waals surface area (Å²) in [5, 5.41) is 2.55. The molecule has 1 heterocycles. The van der Waals surface area contributed by atoms with Crippen LogP contribution in [0.1, 0.15) is 23.5 Å². The van der Waals surface area contributed by atoms with Gasteiger partial charge in [-0.05, 0) is 18.9 Å². The van der Waals surface area contributed by atoms with Crippen molar-refractivity contribution in [1.29, 1.82) is 0 Å². The molecule has 1 atom stereocenters. The molecule has 0 saturated carbocycles. The number of Topliss-reactive ketones (excluding diaryl/α,β-unsaturated/α-hetero) is 1. The van der Waals surface area contributed by atoms with E-state index in [9.17, 15) is 9.59 Å². The summed E-state index contributed by atoms with van der Waals surface area (Å²) in [5.41, 5.74) is 2.10. The minimum absolute atomic E-state index is 0.251. The van der Waals surface area contributed by atoms with Gasteiger partial charge in [0.2, 0.25) is 5.78 Å². The third-order valence-corrected chi connectivity index (χ3v) is 2.74. The quantitative estimate of drug-likeness (QED) is 0.696. The topological polar surface area (TPSA) is 46.2 Å². The Hall–Kier alpha value is -1.64. The van der Waals surface area contributed by atoms with E-state index in [0.29, 0.717) is 13.0 Å². The summed E-state index contributed by atoms with van der Waals surface area (Å²) in [6.07, 6.45) is 0.702. The number of nitrogens with one attached hydrogen (secondary N) is 1. The summed E-state index contributed by atoms with van der Waals surface area (Å²) in [6.45, 7) is 2.59. The summed E-state index contributed by atoms with van der Waals surface area (Å²) < 4.78 is 0. The Morgan fingerprint density at radius 2 is 1.87 bits per heavy atom. The van der Waals surface area contributed by atoms with E-state index in [1.807, 2.05) is 31.2 Å². The summed E-state index contributed by atoms with van der Waals surface area (Å²) in [5.74, 6) is -1.02. The van der Waals surface area contributed by atoms with Crippen LogP contribution in [0.2, 0.25) is 0 Å². The van der Waals surface area contributed by atoms with Crippen LogP contribution in [0.5, 0.6) is 0 Å². The molecule has 0 radical (unpaired) electrons. The van der Waals surface area contributed by atoms with Gasteiger partial charge < -0.3 is 5.32 Å². The number of amides is 1. The monoisotopic (exact) mass is 203 g/mol. The fourth-order valence-corrected chi connectivity index (χ4v) is 1.82. The third-order valence-electron chi connectivity index (χ3n) is 2.74. The first-order chi connectivity index (χ1) is 7.18. The van der Waals surface area contributed by atoms with E-state index in [4.69, 9.17) is 0 Å². The van der Waals surface area contributed by atoms with Crippen LogP contribution >= 0.6 is 0 Å². The van der Waals surface area contributed by atoms with Crippen LogP contribution in [-0.2, 0) is 9.59 Å². The van der Waals surface area contributed by atoms with E-state index in [0.717, 1.165) is 11.1 Å². The SMILES string of the molecule is Cc1ccc(C2CCNC(=O)C2=O)cc1. The molecule has 1 aliphatic rings. The summed E-state index contributed by atoms with van der Waals surface area (Å²) in [7, 11) is 0. The molecule has 1 aromatic rings. The van der Waals surface area contributed by atoms with Crippen LogP contribution in [0.4, 0.5) is 0 Å². The molecule has 0 aromatic heterocycles. The second-order valence-electron chi connectivity index (χ2n) is 3.87. The first kappa shape index (κ1) is 9.90.